The third-order valence-corrected chi connectivity index (χ3v) is 4.35. The predicted octanol–water partition coefficient (Wildman–Crippen LogP) is 3.01. The first-order valence-electron chi connectivity index (χ1n) is 8.60. The Morgan fingerprint density at radius 2 is 1.80 bits per heavy atom. The molecule has 1 unspecified atom stereocenters. The molecule has 1 aliphatic rings. The smallest absolute Gasteiger partial charge is 0.244 e. The SMILES string of the molecule is O=C(C=Cc1ccccc1)NCCC(=O)NC1CCc2ccccc21. The number of carbonyl (C=O) groups excluding carboxylic acids is 2. The van der Waals surface area contributed by atoms with E-state index < -0.39 is 0 Å². The lowest BCUT2D eigenvalue weighted by atomic mass is 10.1. The van der Waals surface area contributed by atoms with E-state index in [2.05, 4.69) is 22.8 Å². The number of amides is 2. The van der Waals surface area contributed by atoms with Crippen LogP contribution in [0.2, 0.25) is 0 Å². The van der Waals surface area contributed by atoms with Gasteiger partial charge in [0.25, 0.3) is 0 Å². The van der Waals surface area contributed by atoms with Gasteiger partial charge in [0, 0.05) is 19.0 Å². The summed E-state index contributed by atoms with van der Waals surface area (Å²) in [5.41, 5.74) is 3.49. The summed E-state index contributed by atoms with van der Waals surface area (Å²) in [4.78, 5) is 23.9. The molecule has 1 atom stereocenters. The molecule has 1 aliphatic carbocycles. The van der Waals surface area contributed by atoms with Crippen molar-refractivity contribution < 1.29 is 9.59 Å². The van der Waals surface area contributed by atoms with Gasteiger partial charge in [0.1, 0.15) is 0 Å². The summed E-state index contributed by atoms with van der Waals surface area (Å²) in [5, 5.41) is 5.80. The summed E-state index contributed by atoms with van der Waals surface area (Å²) in [7, 11) is 0. The first-order valence-corrected chi connectivity index (χ1v) is 8.60. The largest absolute Gasteiger partial charge is 0.352 e. The zero-order valence-electron chi connectivity index (χ0n) is 14.1. The van der Waals surface area contributed by atoms with Crippen LogP contribution in [-0.4, -0.2) is 18.4 Å². The minimum absolute atomic E-state index is 0.0333. The summed E-state index contributed by atoms with van der Waals surface area (Å²) < 4.78 is 0. The van der Waals surface area contributed by atoms with Crippen molar-refractivity contribution in [3.05, 3.63) is 77.4 Å². The number of hydrogen-bond acceptors (Lipinski definition) is 2. The van der Waals surface area contributed by atoms with E-state index in [9.17, 15) is 9.59 Å². The van der Waals surface area contributed by atoms with Crippen LogP contribution in [0, 0.1) is 0 Å². The van der Waals surface area contributed by atoms with Crippen molar-refractivity contribution >= 4 is 17.9 Å². The van der Waals surface area contributed by atoms with Gasteiger partial charge in [0.05, 0.1) is 6.04 Å². The lowest BCUT2D eigenvalue weighted by Gasteiger charge is -2.14. The molecular weight excluding hydrogens is 312 g/mol. The normalized spacial score (nSPS) is 15.8. The molecule has 2 N–H and O–H groups in total. The molecule has 0 heterocycles. The predicted molar refractivity (Wildman–Crippen MR) is 98.7 cm³/mol. The molecule has 0 aliphatic heterocycles. The van der Waals surface area contributed by atoms with Gasteiger partial charge < -0.3 is 10.6 Å². The highest BCUT2D eigenvalue weighted by Gasteiger charge is 2.22. The van der Waals surface area contributed by atoms with Gasteiger partial charge in [-0.15, -0.1) is 0 Å². The van der Waals surface area contributed by atoms with E-state index in [1.165, 1.54) is 17.2 Å². The summed E-state index contributed by atoms with van der Waals surface area (Å²) >= 11 is 0. The first-order chi connectivity index (χ1) is 12.2. The number of rotatable bonds is 6. The zero-order chi connectivity index (χ0) is 17.5. The van der Waals surface area contributed by atoms with Crippen molar-refractivity contribution in [1.29, 1.82) is 0 Å². The topological polar surface area (TPSA) is 58.2 Å². The minimum Gasteiger partial charge on any atom is -0.352 e. The molecule has 2 aromatic carbocycles. The Hall–Kier alpha value is -2.88. The van der Waals surface area contributed by atoms with E-state index in [0.29, 0.717) is 6.54 Å². The van der Waals surface area contributed by atoms with Crippen LogP contribution in [0.1, 0.15) is 35.6 Å². The average Bonchev–Trinajstić information content (AvgIpc) is 3.04. The second-order valence-corrected chi connectivity index (χ2v) is 6.14. The minimum atomic E-state index is -0.192. The van der Waals surface area contributed by atoms with Gasteiger partial charge in [-0.2, -0.15) is 0 Å². The average molecular weight is 334 g/mol. The number of benzene rings is 2. The fourth-order valence-electron chi connectivity index (χ4n) is 3.07. The Morgan fingerprint density at radius 3 is 2.64 bits per heavy atom. The van der Waals surface area contributed by atoms with E-state index in [0.717, 1.165) is 18.4 Å². The van der Waals surface area contributed by atoms with Crippen LogP contribution in [0.3, 0.4) is 0 Å². The molecule has 0 bridgehead atoms. The van der Waals surface area contributed by atoms with Crippen molar-refractivity contribution in [2.75, 3.05) is 6.54 Å². The fourth-order valence-corrected chi connectivity index (χ4v) is 3.07. The van der Waals surface area contributed by atoms with Crippen LogP contribution >= 0.6 is 0 Å². The van der Waals surface area contributed by atoms with Crippen molar-refractivity contribution in [1.82, 2.24) is 10.6 Å². The van der Waals surface area contributed by atoms with Crippen LogP contribution in [0.25, 0.3) is 6.08 Å². The standard InChI is InChI=1S/C21H22N2O2/c24-20(13-10-16-6-2-1-3-7-16)22-15-14-21(25)23-19-12-11-17-8-4-5-9-18(17)19/h1-10,13,19H,11-12,14-15H2,(H,22,24)(H,23,25). The molecule has 3 rings (SSSR count). The monoisotopic (exact) mass is 334 g/mol. The molecule has 0 radical (unpaired) electrons. The summed E-state index contributed by atoms with van der Waals surface area (Å²) in [6.07, 6.45) is 5.47. The number of carbonyl (C=O) groups is 2. The maximum Gasteiger partial charge on any atom is 0.244 e. The van der Waals surface area contributed by atoms with Crippen molar-refractivity contribution in [3.63, 3.8) is 0 Å². The van der Waals surface area contributed by atoms with Gasteiger partial charge in [-0.1, -0.05) is 54.6 Å². The van der Waals surface area contributed by atoms with Crippen LogP contribution in [0.5, 0.6) is 0 Å². The lowest BCUT2D eigenvalue weighted by molar-refractivity contribution is -0.122. The van der Waals surface area contributed by atoms with Gasteiger partial charge in [0.15, 0.2) is 0 Å². The van der Waals surface area contributed by atoms with Crippen molar-refractivity contribution in [3.8, 4) is 0 Å². The maximum absolute atomic E-state index is 12.1. The van der Waals surface area contributed by atoms with Gasteiger partial charge in [-0.3, -0.25) is 9.59 Å². The molecule has 0 saturated carbocycles. The van der Waals surface area contributed by atoms with Gasteiger partial charge in [-0.25, -0.2) is 0 Å². The Labute approximate surface area is 148 Å². The molecule has 4 heteroatoms. The summed E-state index contributed by atoms with van der Waals surface area (Å²) in [5.74, 6) is -0.225. The molecule has 25 heavy (non-hydrogen) atoms. The molecule has 0 fully saturated rings. The van der Waals surface area contributed by atoms with Crippen LogP contribution < -0.4 is 10.6 Å². The quantitative estimate of drug-likeness (QED) is 0.798. The summed E-state index contributed by atoms with van der Waals surface area (Å²) in [6.45, 7) is 0.332. The Morgan fingerprint density at radius 1 is 1.04 bits per heavy atom. The Balaban J connectivity index is 1.40. The van der Waals surface area contributed by atoms with E-state index in [-0.39, 0.29) is 24.3 Å². The fraction of sp³-hybridized carbons (Fsp3) is 0.238. The molecular formula is C21H22N2O2. The molecule has 2 amide bonds. The van der Waals surface area contributed by atoms with Gasteiger partial charge in [-0.05, 0) is 35.6 Å². The third kappa shape index (κ3) is 4.80. The molecule has 128 valence electrons. The zero-order valence-corrected chi connectivity index (χ0v) is 14.1. The van der Waals surface area contributed by atoms with Gasteiger partial charge in [0.2, 0.25) is 11.8 Å². The highest BCUT2D eigenvalue weighted by atomic mass is 16.2. The van der Waals surface area contributed by atoms with Crippen molar-refractivity contribution in [2.24, 2.45) is 0 Å². The number of fused-ring (bicyclic) bond motifs is 1. The van der Waals surface area contributed by atoms with E-state index in [1.807, 2.05) is 42.5 Å². The molecule has 2 aromatic rings. The number of nitrogens with one attached hydrogen (secondary N) is 2. The Kier molecular flexibility index (Phi) is 5.62. The van der Waals surface area contributed by atoms with Crippen molar-refractivity contribution in [2.45, 2.75) is 25.3 Å². The van der Waals surface area contributed by atoms with E-state index in [4.69, 9.17) is 0 Å². The highest BCUT2D eigenvalue weighted by molar-refractivity contribution is 5.92. The van der Waals surface area contributed by atoms with Crippen LogP contribution in [0.15, 0.2) is 60.7 Å². The summed E-state index contributed by atoms with van der Waals surface area (Å²) in [6, 6.07) is 17.9. The second-order valence-electron chi connectivity index (χ2n) is 6.14. The molecule has 0 aromatic heterocycles. The first kappa shape index (κ1) is 17.0. The molecule has 0 spiro atoms. The van der Waals surface area contributed by atoms with E-state index >= 15 is 0 Å². The number of aryl methyl sites for hydroxylation is 1. The molecule has 0 saturated heterocycles. The van der Waals surface area contributed by atoms with Crippen LogP contribution in [0.4, 0.5) is 0 Å². The number of hydrogen-bond donors (Lipinski definition) is 2. The van der Waals surface area contributed by atoms with E-state index in [1.54, 1.807) is 6.08 Å². The van der Waals surface area contributed by atoms with Gasteiger partial charge >= 0.3 is 0 Å². The maximum atomic E-state index is 12.1. The molecule has 4 nitrogen and oxygen atoms in total. The second kappa shape index (κ2) is 8.29. The highest BCUT2D eigenvalue weighted by Crippen LogP contribution is 2.30. The lowest BCUT2D eigenvalue weighted by Crippen LogP contribution is -2.31. The van der Waals surface area contributed by atoms with Crippen LogP contribution in [-0.2, 0) is 16.0 Å². The Bertz CT molecular complexity index is 768. The third-order valence-electron chi connectivity index (χ3n) is 4.35.